The lowest BCUT2D eigenvalue weighted by Crippen LogP contribution is -2.36. The van der Waals surface area contributed by atoms with Gasteiger partial charge >= 0.3 is 0 Å². The monoisotopic (exact) mass is 389 g/mol. The molecule has 0 saturated carbocycles. The van der Waals surface area contributed by atoms with Crippen LogP contribution in [0.3, 0.4) is 0 Å². The maximum atomic E-state index is 12.2. The van der Waals surface area contributed by atoms with Gasteiger partial charge in [0.2, 0.25) is 0 Å². The summed E-state index contributed by atoms with van der Waals surface area (Å²) >= 11 is 3.32. The molecular weight excluding hydrogens is 370 g/mol. The molecule has 1 aliphatic heterocycles. The van der Waals surface area contributed by atoms with E-state index in [2.05, 4.69) is 31.1 Å². The number of aromatic nitrogens is 1. The second-order valence-corrected chi connectivity index (χ2v) is 6.73. The minimum absolute atomic E-state index is 0.169. The van der Waals surface area contributed by atoms with E-state index < -0.39 is 0 Å². The maximum Gasteiger partial charge on any atom is 0.257 e. The van der Waals surface area contributed by atoms with Crippen molar-refractivity contribution < 1.29 is 9.53 Å². The summed E-state index contributed by atoms with van der Waals surface area (Å²) in [6, 6.07) is 9.70. The van der Waals surface area contributed by atoms with Gasteiger partial charge in [-0.1, -0.05) is 0 Å². The lowest BCUT2D eigenvalue weighted by molar-refractivity contribution is 0.0819. The van der Waals surface area contributed by atoms with Crippen molar-refractivity contribution in [3.8, 4) is 0 Å². The molecule has 1 aliphatic rings. The highest BCUT2D eigenvalue weighted by Crippen LogP contribution is 2.23. The van der Waals surface area contributed by atoms with Crippen LogP contribution in [-0.4, -0.2) is 37.2 Å². The van der Waals surface area contributed by atoms with Gasteiger partial charge in [-0.15, -0.1) is 0 Å². The molecule has 6 heteroatoms. The van der Waals surface area contributed by atoms with Gasteiger partial charge in [0, 0.05) is 48.4 Å². The Labute approximate surface area is 150 Å². The molecule has 1 N–H and O–H groups in total. The Morgan fingerprint density at radius 3 is 2.58 bits per heavy atom. The number of hydrogen-bond acceptors (Lipinski definition) is 4. The highest BCUT2D eigenvalue weighted by atomic mass is 79.9. The molecule has 1 amide bonds. The van der Waals surface area contributed by atoms with Crippen molar-refractivity contribution in [1.82, 2.24) is 4.98 Å². The molecule has 1 aromatic heterocycles. The van der Waals surface area contributed by atoms with E-state index in [0.717, 1.165) is 36.1 Å². The third kappa shape index (κ3) is 4.13. The quantitative estimate of drug-likeness (QED) is 0.865. The number of anilines is 2. The van der Waals surface area contributed by atoms with E-state index in [9.17, 15) is 4.79 Å². The fourth-order valence-corrected chi connectivity index (χ4v) is 3.21. The molecule has 126 valence electrons. The molecule has 0 bridgehead atoms. The largest absolute Gasteiger partial charge is 0.381 e. The van der Waals surface area contributed by atoms with Gasteiger partial charge in [-0.05, 0) is 59.1 Å². The number of pyridine rings is 1. The van der Waals surface area contributed by atoms with Crippen molar-refractivity contribution in [3.63, 3.8) is 0 Å². The molecule has 0 unspecified atom stereocenters. The van der Waals surface area contributed by atoms with Crippen LogP contribution >= 0.6 is 15.9 Å². The molecule has 2 heterocycles. The summed E-state index contributed by atoms with van der Waals surface area (Å²) in [5.41, 5.74) is 2.47. The van der Waals surface area contributed by atoms with Gasteiger partial charge in [0.25, 0.3) is 5.91 Å². The number of nitrogens with one attached hydrogen (secondary N) is 1. The first-order valence-electron chi connectivity index (χ1n) is 7.95. The first-order chi connectivity index (χ1) is 11.7. The molecule has 0 aliphatic carbocycles. The van der Waals surface area contributed by atoms with Crippen LogP contribution in [0.25, 0.3) is 0 Å². The minimum atomic E-state index is -0.169. The lowest BCUT2D eigenvalue weighted by Gasteiger charge is -2.33. The van der Waals surface area contributed by atoms with Crippen molar-refractivity contribution in [2.45, 2.75) is 18.9 Å². The van der Waals surface area contributed by atoms with Gasteiger partial charge in [-0.25, -0.2) is 0 Å². The van der Waals surface area contributed by atoms with E-state index in [0.29, 0.717) is 11.7 Å². The number of halogens is 1. The fraction of sp³-hybridized carbons (Fsp3) is 0.333. The highest BCUT2D eigenvalue weighted by molar-refractivity contribution is 9.10. The number of ether oxygens (including phenoxy) is 1. The van der Waals surface area contributed by atoms with E-state index in [1.165, 1.54) is 5.69 Å². The molecule has 24 heavy (non-hydrogen) atoms. The number of piperidine rings is 1. The summed E-state index contributed by atoms with van der Waals surface area (Å²) < 4.78 is 6.19. The lowest BCUT2D eigenvalue weighted by atomic mass is 10.1. The zero-order valence-electron chi connectivity index (χ0n) is 13.5. The Balaban J connectivity index is 1.61. The molecule has 1 fully saturated rings. The molecule has 2 aromatic rings. The van der Waals surface area contributed by atoms with Gasteiger partial charge in [-0.3, -0.25) is 9.78 Å². The smallest absolute Gasteiger partial charge is 0.257 e. The van der Waals surface area contributed by atoms with Crippen molar-refractivity contribution >= 4 is 33.2 Å². The van der Waals surface area contributed by atoms with E-state index >= 15 is 0 Å². The molecule has 5 nitrogen and oxygen atoms in total. The van der Waals surface area contributed by atoms with Gasteiger partial charge in [-0.2, -0.15) is 0 Å². The first-order valence-corrected chi connectivity index (χ1v) is 8.75. The second kappa shape index (κ2) is 7.77. The van der Waals surface area contributed by atoms with Crippen molar-refractivity contribution in [3.05, 3.63) is 52.8 Å². The second-order valence-electron chi connectivity index (χ2n) is 5.81. The molecule has 1 saturated heterocycles. The summed E-state index contributed by atoms with van der Waals surface area (Å²) in [4.78, 5) is 18.6. The number of rotatable bonds is 4. The summed E-state index contributed by atoms with van der Waals surface area (Å²) in [5.74, 6) is -0.169. The van der Waals surface area contributed by atoms with Crippen LogP contribution in [0, 0.1) is 0 Å². The fourth-order valence-electron chi connectivity index (χ4n) is 2.84. The van der Waals surface area contributed by atoms with Gasteiger partial charge in [0.15, 0.2) is 0 Å². The zero-order valence-corrected chi connectivity index (χ0v) is 15.1. The normalized spacial score (nSPS) is 15.3. The van der Waals surface area contributed by atoms with Gasteiger partial charge in [0.1, 0.15) is 0 Å². The highest BCUT2D eigenvalue weighted by Gasteiger charge is 2.18. The van der Waals surface area contributed by atoms with Crippen molar-refractivity contribution in [1.29, 1.82) is 0 Å². The molecule has 1 aromatic carbocycles. The molecule has 0 radical (unpaired) electrons. The Kier molecular flexibility index (Phi) is 5.48. The minimum Gasteiger partial charge on any atom is -0.381 e. The number of hydrogen-bond donors (Lipinski definition) is 1. The SMILES string of the molecule is COC1CCN(c2ccc(NC(=O)c3cncc(Br)c3)cc2)CC1. The number of carbonyl (C=O) groups is 1. The predicted molar refractivity (Wildman–Crippen MR) is 98.6 cm³/mol. The number of benzene rings is 1. The standard InChI is InChI=1S/C18H20BrN3O2/c1-24-17-6-8-22(9-7-17)16-4-2-15(3-5-16)21-18(23)13-10-14(19)12-20-11-13/h2-5,10-12,17H,6-9H2,1H3,(H,21,23). The Hall–Kier alpha value is -1.92. The molecule has 0 spiro atoms. The molecule has 3 rings (SSSR count). The van der Waals surface area contributed by atoms with Crippen LogP contribution in [0.15, 0.2) is 47.2 Å². The summed E-state index contributed by atoms with van der Waals surface area (Å²) in [6.07, 6.45) is 5.67. The van der Waals surface area contributed by atoms with E-state index in [4.69, 9.17) is 4.74 Å². The predicted octanol–water partition coefficient (Wildman–Crippen LogP) is 3.71. The molecule has 0 atom stereocenters. The van der Waals surface area contributed by atoms with Crippen LogP contribution in [0.5, 0.6) is 0 Å². The topological polar surface area (TPSA) is 54.5 Å². The first kappa shape index (κ1) is 16.9. The third-order valence-corrected chi connectivity index (χ3v) is 4.67. The average Bonchev–Trinajstić information content (AvgIpc) is 2.62. The van der Waals surface area contributed by atoms with Gasteiger partial charge in [0.05, 0.1) is 11.7 Å². The molecular formula is C18H20BrN3O2. The van der Waals surface area contributed by atoms with Crippen LogP contribution in [0.1, 0.15) is 23.2 Å². The van der Waals surface area contributed by atoms with Crippen LogP contribution in [0.4, 0.5) is 11.4 Å². The van der Waals surface area contributed by atoms with E-state index in [1.807, 2.05) is 24.3 Å². The third-order valence-electron chi connectivity index (χ3n) is 4.23. The van der Waals surface area contributed by atoms with Crippen LogP contribution in [-0.2, 0) is 4.74 Å². The number of methoxy groups -OCH3 is 1. The Morgan fingerprint density at radius 1 is 1.25 bits per heavy atom. The van der Waals surface area contributed by atoms with E-state index in [-0.39, 0.29) is 5.91 Å². The van der Waals surface area contributed by atoms with Crippen LogP contribution in [0.2, 0.25) is 0 Å². The number of nitrogens with zero attached hydrogens (tertiary/aromatic N) is 2. The number of carbonyl (C=O) groups excluding carboxylic acids is 1. The summed E-state index contributed by atoms with van der Waals surface area (Å²) in [7, 11) is 1.78. The van der Waals surface area contributed by atoms with Crippen molar-refractivity contribution in [2.75, 3.05) is 30.4 Å². The zero-order chi connectivity index (χ0) is 16.9. The average molecular weight is 390 g/mol. The Bertz CT molecular complexity index is 698. The van der Waals surface area contributed by atoms with Gasteiger partial charge < -0.3 is 15.0 Å². The van der Waals surface area contributed by atoms with E-state index in [1.54, 1.807) is 25.6 Å². The van der Waals surface area contributed by atoms with Crippen LogP contribution < -0.4 is 10.2 Å². The number of amides is 1. The summed E-state index contributed by atoms with van der Waals surface area (Å²) in [5, 5.41) is 2.89. The van der Waals surface area contributed by atoms with Crippen molar-refractivity contribution in [2.24, 2.45) is 0 Å². The Morgan fingerprint density at radius 2 is 1.96 bits per heavy atom. The summed E-state index contributed by atoms with van der Waals surface area (Å²) in [6.45, 7) is 1.99. The maximum absolute atomic E-state index is 12.2.